The smallest absolute Gasteiger partial charge is 0.166 e. The molecular weight excluding hydrogens is 157 g/mol. The van der Waals surface area contributed by atoms with Crippen molar-refractivity contribution in [3.05, 3.63) is 36.5 Å². The van der Waals surface area contributed by atoms with Gasteiger partial charge in [-0.1, -0.05) is 0 Å². The first-order valence-corrected chi connectivity index (χ1v) is 3.39. The van der Waals surface area contributed by atoms with Gasteiger partial charge in [0.25, 0.3) is 0 Å². The van der Waals surface area contributed by atoms with Crippen molar-refractivity contribution in [1.29, 1.82) is 5.26 Å². The van der Waals surface area contributed by atoms with E-state index in [9.17, 15) is 4.39 Å². The van der Waals surface area contributed by atoms with E-state index < -0.39 is 5.82 Å². The third kappa shape index (κ3) is 1.73. The van der Waals surface area contributed by atoms with E-state index in [1.165, 1.54) is 12.1 Å². The van der Waals surface area contributed by atoms with Crippen LogP contribution < -0.4 is 4.74 Å². The molecule has 1 aromatic carbocycles. The molecule has 0 atom stereocenters. The van der Waals surface area contributed by atoms with Crippen LogP contribution in [0.3, 0.4) is 0 Å². The number of ether oxygens (including phenoxy) is 1. The van der Waals surface area contributed by atoms with Crippen LogP contribution in [0, 0.1) is 24.1 Å². The molecular formula is C9H7FNO. The van der Waals surface area contributed by atoms with E-state index in [4.69, 9.17) is 10.00 Å². The topological polar surface area (TPSA) is 33.0 Å². The van der Waals surface area contributed by atoms with Gasteiger partial charge in [-0.05, 0) is 25.1 Å². The highest BCUT2D eigenvalue weighted by molar-refractivity contribution is 5.35. The number of hydrogen-bond acceptors (Lipinski definition) is 2. The second-order valence-electron chi connectivity index (χ2n) is 2.11. The Morgan fingerprint density at radius 3 is 2.83 bits per heavy atom. The van der Waals surface area contributed by atoms with Gasteiger partial charge in [0, 0.05) is 0 Å². The molecule has 0 amide bonds. The Bertz CT molecular complexity index is 317. The summed E-state index contributed by atoms with van der Waals surface area (Å²) in [5.74, 6) is -0.401. The Morgan fingerprint density at radius 2 is 2.33 bits per heavy atom. The normalized spacial score (nSPS) is 9.08. The molecule has 0 bridgehead atoms. The molecule has 0 saturated heterocycles. The number of hydrogen-bond donors (Lipinski definition) is 0. The highest BCUT2D eigenvalue weighted by Gasteiger charge is 2.02. The van der Waals surface area contributed by atoms with Gasteiger partial charge in [-0.25, -0.2) is 4.39 Å². The van der Waals surface area contributed by atoms with Gasteiger partial charge in [0.05, 0.1) is 18.2 Å². The first-order valence-electron chi connectivity index (χ1n) is 3.39. The van der Waals surface area contributed by atoms with Gasteiger partial charge in [-0.15, -0.1) is 0 Å². The minimum Gasteiger partial charge on any atom is -0.491 e. The summed E-state index contributed by atoms with van der Waals surface area (Å²) in [5, 5.41) is 8.41. The minimum absolute atomic E-state index is 0.129. The largest absolute Gasteiger partial charge is 0.491 e. The molecule has 0 saturated carbocycles. The van der Waals surface area contributed by atoms with Gasteiger partial charge >= 0.3 is 0 Å². The summed E-state index contributed by atoms with van der Waals surface area (Å²) in [4.78, 5) is 0. The molecule has 0 spiro atoms. The SMILES string of the molecule is [CH2]COc1ccc(C#N)cc1F. The van der Waals surface area contributed by atoms with E-state index in [0.717, 1.165) is 6.07 Å². The molecule has 0 heterocycles. The first kappa shape index (κ1) is 8.54. The zero-order valence-corrected chi connectivity index (χ0v) is 6.38. The standard InChI is InChI=1S/C9H7FNO/c1-2-12-9-4-3-7(6-11)5-8(9)10/h3-5H,1-2H2. The molecule has 2 nitrogen and oxygen atoms in total. The van der Waals surface area contributed by atoms with Crippen LogP contribution in [-0.4, -0.2) is 6.61 Å². The quantitative estimate of drug-likeness (QED) is 0.668. The van der Waals surface area contributed by atoms with Crippen molar-refractivity contribution in [3.63, 3.8) is 0 Å². The molecule has 1 radical (unpaired) electrons. The van der Waals surface area contributed by atoms with Crippen LogP contribution in [0.4, 0.5) is 4.39 Å². The van der Waals surface area contributed by atoms with Crippen molar-refractivity contribution in [3.8, 4) is 11.8 Å². The van der Waals surface area contributed by atoms with E-state index in [1.807, 2.05) is 6.07 Å². The molecule has 0 aromatic heterocycles. The number of nitrogens with zero attached hydrogens (tertiary/aromatic N) is 1. The van der Waals surface area contributed by atoms with Crippen molar-refractivity contribution in [2.24, 2.45) is 0 Å². The van der Waals surface area contributed by atoms with Crippen molar-refractivity contribution in [2.75, 3.05) is 6.61 Å². The molecule has 1 rings (SSSR count). The highest BCUT2D eigenvalue weighted by Crippen LogP contribution is 2.17. The lowest BCUT2D eigenvalue weighted by molar-refractivity contribution is 0.340. The summed E-state index contributed by atoms with van der Waals surface area (Å²) in [6.07, 6.45) is 0. The molecule has 0 fully saturated rings. The third-order valence-electron chi connectivity index (χ3n) is 1.32. The Kier molecular flexibility index (Phi) is 2.65. The van der Waals surface area contributed by atoms with Crippen molar-refractivity contribution < 1.29 is 9.13 Å². The van der Waals surface area contributed by atoms with E-state index >= 15 is 0 Å². The van der Waals surface area contributed by atoms with Crippen LogP contribution in [0.5, 0.6) is 5.75 Å². The summed E-state index contributed by atoms with van der Waals surface area (Å²) in [5.41, 5.74) is 0.281. The second kappa shape index (κ2) is 3.72. The third-order valence-corrected chi connectivity index (χ3v) is 1.32. The van der Waals surface area contributed by atoms with E-state index in [0.29, 0.717) is 0 Å². The Balaban J connectivity index is 2.97. The summed E-state index contributed by atoms with van der Waals surface area (Å²) < 4.78 is 17.8. The van der Waals surface area contributed by atoms with Gasteiger partial charge in [0.1, 0.15) is 0 Å². The van der Waals surface area contributed by atoms with Crippen molar-refractivity contribution in [1.82, 2.24) is 0 Å². The van der Waals surface area contributed by atoms with E-state index in [1.54, 1.807) is 0 Å². The Hall–Kier alpha value is -1.56. The molecule has 12 heavy (non-hydrogen) atoms. The molecule has 61 valence electrons. The first-order chi connectivity index (χ1) is 5.77. The molecule has 0 aliphatic heterocycles. The fraction of sp³-hybridized carbons (Fsp3) is 0.111. The maximum absolute atomic E-state index is 12.9. The summed E-state index contributed by atoms with van der Waals surface area (Å²) in [6.45, 7) is 3.58. The van der Waals surface area contributed by atoms with Crippen LogP contribution in [-0.2, 0) is 0 Å². The predicted molar refractivity (Wildman–Crippen MR) is 42.0 cm³/mol. The van der Waals surface area contributed by atoms with E-state index in [-0.39, 0.29) is 17.9 Å². The highest BCUT2D eigenvalue weighted by atomic mass is 19.1. The van der Waals surface area contributed by atoms with Gasteiger partial charge < -0.3 is 4.74 Å². The van der Waals surface area contributed by atoms with E-state index in [2.05, 4.69) is 6.92 Å². The zero-order chi connectivity index (χ0) is 8.97. The fourth-order valence-corrected chi connectivity index (χ4v) is 0.797. The lowest BCUT2D eigenvalue weighted by Gasteiger charge is -2.02. The Morgan fingerprint density at radius 1 is 1.58 bits per heavy atom. The Labute approximate surface area is 70.2 Å². The molecule has 0 aliphatic carbocycles. The monoisotopic (exact) mass is 164 g/mol. The average molecular weight is 164 g/mol. The number of rotatable bonds is 2. The average Bonchev–Trinajstić information content (AvgIpc) is 2.09. The number of nitriles is 1. The van der Waals surface area contributed by atoms with Crippen molar-refractivity contribution in [2.45, 2.75) is 0 Å². The fourth-order valence-electron chi connectivity index (χ4n) is 0.797. The zero-order valence-electron chi connectivity index (χ0n) is 6.38. The van der Waals surface area contributed by atoms with Gasteiger partial charge in [-0.2, -0.15) is 5.26 Å². The number of benzene rings is 1. The van der Waals surface area contributed by atoms with Gasteiger partial charge in [0.2, 0.25) is 0 Å². The molecule has 3 heteroatoms. The minimum atomic E-state index is -0.530. The lowest BCUT2D eigenvalue weighted by atomic mass is 10.2. The molecule has 0 aliphatic rings. The summed E-state index contributed by atoms with van der Waals surface area (Å²) in [6, 6.07) is 5.87. The van der Waals surface area contributed by atoms with Crippen LogP contribution in [0.15, 0.2) is 18.2 Å². The molecule has 1 aromatic rings. The van der Waals surface area contributed by atoms with Crippen LogP contribution in [0.1, 0.15) is 5.56 Å². The molecule has 0 unspecified atom stereocenters. The van der Waals surface area contributed by atoms with Gasteiger partial charge in [-0.3, -0.25) is 0 Å². The maximum Gasteiger partial charge on any atom is 0.166 e. The lowest BCUT2D eigenvalue weighted by Crippen LogP contribution is -1.94. The summed E-state index contributed by atoms with van der Waals surface area (Å²) in [7, 11) is 0. The van der Waals surface area contributed by atoms with Crippen LogP contribution >= 0.6 is 0 Å². The maximum atomic E-state index is 12.9. The second-order valence-corrected chi connectivity index (χ2v) is 2.11. The van der Waals surface area contributed by atoms with Crippen molar-refractivity contribution >= 4 is 0 Å². The predicted octanol–water partition coefficient (Wildman–Crippen LogP) is 1.91. The number of halogens is 1. The van der Waals surface area contributed by atoms with Gasteiger partial charge in [0.15, 0.2) is 11.6 Å². The summed E-state index contributed by atoms with van der Waals surface area (Å²) >= 11 is 0. The van der Waals surface area contributed by atoms with Crippen LogP contribution in [0.25, 0.3) is 0 Å². The molecule has 0 N–H and O–H groups in total. The van der Waals surface area contributed by atoms with Crippen LogP contribution in [0.2, 0.25) is 0 Å².